The molecule has 0 aliphatic heterocycles. The largest absolute Gasteiger partial charge is 0.501 e. The lowest BCUT2D eigenvalue weighted by Gasteiger charge is -1.77. The third kappa shape index (κ3) is 0.501. The number of aromatic hydroxyl groups is 1. The molecule has 1 heterocycles. The molecule has 0 amide bonds. The van der Waals surface area contributed by atoms with Crippen molar-refractivity contribution in [2.45, 2.75) is 0 Å². The number of nitrogens with zero attached hydrogens (tertiary/aromatic N) is 1. The fraction of sp³-hybridized carbons (Fsp3) is 0.250. The summed E-state index contributed by atoms with van der Waals surface area (Å²) in [5.41, 5.74) is -0.509. The van der Waals surface area contributed by atoms with Crippen molar-refractivity contribution >= 4 is 0 Å². The second kappa shape index (κ2) is 1.40. The maximum atomic E-state index is 10.4. The van der Waals surface area contributed by atoms with Crippen LogP contribution in [0.5, 0.6) is 5.75 Å². The van der Waals surface area contributed by atoms with Gasteiger partial charge in [-0.15, -0.1) is 0 Å². The molecule has 0 bridgehead atoms. The van der Waals surface area contributed by atoms with Crippen LogP contribution in [0.3, 0.4) is 0 Å². The predicted molar refractivity (Wildman–Crippen MR) is 25.6 cm³/mol. The SMILES string of the molecule is Cn1occ(O)c1=O. The van der Waals surface area contributed by atoms with Gasteiger partial charge in [0, 0.05) is 7.05 Å². The van der Waals surface area contributed by atoms with Crippen molar-refractivity contribution in [1.29, 1.82) is 0 Å². The molecule has 0 unspecified atom stereocenters. The van der Waals surface area contributed by atoms with Gasteiger partial charge in [0.1, 0.15) is 0 Å². The maximum Gasteiger partial charge on any atom is 0.324 e. The quantitative estimate of drug-likeness (QED) is 0.504. The van der Waals surface area contributed by atoms with Crippen molar-refractivity contribution in [2.24, 2.45) is 7.05 Å². The molecule has 1 aromatic heterocycles. The molecular weight excluding hydrogens is 110 g/mol. The molecule has 0 aliphatic rings. The highest BCUT2D eigenvalue weighted by Crippen LogP contribution is 1.95. The molecule has 8 heavy (non-hydrogen) atoms. The Hall–Kier alpha value is -1.19. The Balaban J connectivity index is 3.42. The van der Waals surface area contributed by atoms with E-state index < -0.39 is 5.56 Å². The van der Waals surface area contributed by atoms with Crippen molar-refractivity contribution in [1.82, 2.24) is 4.74 Å². The van der Waals surface area contributed by atoms with E-state index in [0.717, 1.165) is 11.0 Å². The molecule has 4 nitrogen and oxygen atoms in total. The van der Waals surface area contributed by atoms with Crippen molar-refractivity contribution in [2.75, 3.05) is 0 Å². The average Bonchev–Trinajstić information content (AvgIpc) is 1.98. The van der Waals surface area contributed by atoms with Crippen LogP contribution in [0.15, 0.2) is 15.6 Å². The Morgan fingerprint density at radius 3 is 2.62 bits per heavy atom. The van der Waals surface area contributed by atoms with Crippen molar-refractivity contribution in [3.8, 4) is 5.75 Å². The van der Waals surface area contributed by atoms with Crippen LogP contribution in [0.25, 0.3) is 0 Å². The molecule has 0 aromatic carbocycles. The third-order valence-electron chi connectivity index (χ3n) is 0.828. The van der Waals surface area contributed by atoms with Gasteiger partial charge in [0.25, 0.3) is 0 Å². The summed E-state index contributed by atoms with van der Waals surface area (Å²) < 4.78 is 5.39. The first kappa shape index (κ1) is 4.96. The van der Waals surface area contributed by atoms with Crippen LogP contribution in [0.1, 0.15) is 0 Å². The molecule has 0 saturated heterocycles. The first-order valence-corrected chi connectivity index (χ1v) is 2.06. The summed E-state index contributed by atoms with van der Waals surface area (Å²) in [4.78, 5) is 10.4. The first-order chi connectivity index (χ1) is 3.72. The van der Waals surface area contributed by atoms with Gasteiger partial charge >= 0.3 is 5.56 Å². The van der Waals surface area contributed by atoms with Crippen LogP contribution < -0.4 is 5.56 Å². The highest BCUT2D eigenvalue weighted by Gasteiger charge is 1.98. The van der Waals surface area contributed by atoms with E-state index in [9.17, 15) is 4.79 Å². The third-order valence-corrected chi connectivity index (χ3v) is 0.828. The Kier molecular flexibility index (Phi) is 0.865. The lowest BCUT2D eigenvalue weighted by atomic mass is 10.7. The van der Waals surface area contributed by atoms with Gasteiger partial charge < -0.3 is 9.63 Å². The maximum absolute atomic E-state index is 10.4. The summed E-state index contributed by atoms with van der Waals surface area (Å²) in [6, 6.07) is 0. The van der Waals surface area contributed by atoms with Gasteiger partial charge in [-0.25, -0.2) is 0 Å². The van der Waals surface area contributed by atoms with E-state index in [-0.39, 0.29) is 5.75 Å². The van der Waals surface area contributed by atoms with Crippen LogP contribution in [-0.2, 0) is 7.05 Å². The van der Waals surface area contributed by atoms with Crippen LogP contribution >= 0.6 is 0 Å². The van der Waals surface area contributed by atoms with Gasteiger partial charge in [0.05, 0.1) is 0 Å². The second-order valence-corrected chi connectivity index (χ2v) is 1.41. The molecule has 0 aliphatic carbocycles. The molecule has 0 saturated carbocycles. The molecule has 0 fully saturated rings. The number of hydrogen-bond donors (Lipinski definition) is 1. The number of rotatable bonds is 0. The predicted octanol–water partition coefficient (Wildman–Crippen LogP) is -0.316. The minimum Gasteiger partial charge on any atom is -0.501 e. The van der Waals surface area contributed by atoms with E-state index in [2.05, 4.69) is 4.52 Å². The summed E-state index contributed by atoms with van der Waals surface area (Å²) in [6.45, 7) is 0. The topological polar surface area (TPSA) is 55.4 Å². The highest BCUT2D eigenvalue weighted by atomic mass is 16.5. The minimum atomic E-state index is -0.509. The molecule has 1 rings (SSSR count). The van der Waals surface area contributed by atoms with Gasteiger partial charge in [0.2, 0.25) is 5.75 Å². The number of hydrogen-bond acceptors (Lipinski definition) is 3. The van der Waals surface area contributed by atoms with Crippen molar-refractivity contribution in [3.05, 3.63) is 16.6 Å². The van der Waals surface area contributed by atoms with E-state index >= 15 is 0 Å². The Morgan fingerprint density at radius 1 is 1.88 bits per heavy atom. The fourth-order valence-electron chi connectivity index (χ4n) is 0.389. The zero-order chi connectivity index (χ0) is 6.15. The van der Waals surface area contributed by atoms with Crippen LogP contribution in [0.4, 0.5) is 0 Å². The molecule has 4 heteroatoms. The van der Waals surface area contributed by atoms with Gasteiger partial charge in [-0.05, 0) is 0 Å². The van der Waals surface area contributed by atoms with E-state index in [1.165, 1.54) is 7.05 Å². The molecule has 1 N–H and O–H groups in total. The van der Waals surface area contributed by atoms with Gasteiger partial charge in [0.15, 0.2) is 6.26 Å². The summed E-state index contributed by atoms with van der Waals surface area (Å²) in [5.74, 6) is -0.354. The van der Waals surface area contributed by atoms with Gasteiger partial charge in [-0.1, -0.05) is 0 Å². The van der Waals surface area contributed by atoms with Gasteiger partial charge in [-0.2, -0.15) is 4.74 Å². The molecule has 1 aromatic rings. The molecule has 44 valence electrons. The first-order valence-electron chi connectivity index (χ1n) is 2.06. The lowest BCUT2D eigenvalue weighted by molar-refractivity contribution is 0.297. The van der Waals surface area contributed by atoms with Crippen LogP contribution in [-0.4, -0.2) is 9.85 Å². The molecule has 0 atom stereocenters. The minimum absolute atomic E-state index is 0.354. The van der Waals surface area contributed by atoms with Crippen molar-refractivity contribution < 1.29 is 9.63 Å². The smallest absolute Gasteiger partial charge is 0.324 e. The van der Waals surface area contributed by atoms with Crippen LogP contribution in [0.2, 0.25) is 0 Å². The molecular formula is C4H5NO3. The molecule has 0 radical (unpaired) electrons. The van der Waals surface area contributed by atoms with Crippen LogP contribution in [0, 0.1) is 0 Å². The Morgan fingerprint density at radius 2 is 2.50 bits per heavy atom. The summed E-state index contributed by atoms with van der Waals surface area (Å²) >= 11 is 0. The van der Waals surface area contributed by atoms with Crippen molar-refractivity contribution in [3.63, 3.8) is 0 Å². The zero-order valence-corrected chi connectivity index (χ0v) is 4.29. The van der Waals surface area contributed by atoms with E-state index in [0.29, 0.717) is 0 Å². The summed E-state index contributed by atoms with van der Waals surface area (Å²) in [5, 5.41) is 8.51. The fourth-order valence-corrected chi connectivity index (χ4v) is 0.389. The summed E-state index contributed by atoms with van der Waals surface area (Å²) in [6.07, 6.45) is 0.988. The molecule has 0 spiro atoms. The summed E-state index contributed by atoms with van der Waals surface area (Å²) in [7, 11) is 1.42. The van der Waals surface area contributed by atoms with E-state index in [1.807, 2.05) is 0 Å². The average molecular weight is 115 g/mol. The zero-order valence-electron chi connectivity index (χ0n) is 4.29. The van der Waals surface area contributed by atoms with Gasteiger partial charge in [-0.3, -0.25) is 4.79 Å². The van der Waals surface area contributed by atoms with E-state index in [4.69, 9.17) is 5.11 Å². The Labute approximate surface area is 44.9 Å². The highest BCUT2D eigenvalue weighted by molar-refractivity contribution is 5.06. The standard InChI is InChI=1S/C4H5NO3/c1-5-4(7)3(6)2-8-5/h2,6H,1H3. The monoisotopic (exact) mass is 115 g/mol. The normalized spacial score (nSPS) is 9.62. The number of aromatic nitrogens is 1. The second-order valence-electron chi connectivity index (χ2n) is 1.41. The van der Waals surface area contributed by atoms with E-state index in [1.54, 1.807) is 0 Å². The Bertz CT molecular complexity index is 211. The lowest BCUT2D eigenvalue weighted by Crippen LogP contribution is -2.08. The number of aryl methyl sites for hydroxylation is 1.